The maximum Gasteiger partial charge on any atom is 0.00806 e. The molecule has 0 saturated carbocycles. The third-order valence-corrected chi connectivity index (χ3v) is 2.87. The van der Waals surface area contributed by atoms with Gasteiger partial charge in [0.15, 0.2) is 0 Å². The van der Waals surface area contributed by atoms with Gasteiger partial charge in [-0.2, -0.15) is 12.6 Å². The van der Waals surface area contributed by atoms with Crippen molar-refractivity contribution in [1.82, 2.24) is 5.32 Å². The molecule has 1 N–H and O–H groups in total. The number of hydrogen-bond acceptors (Lipinski definition) is 2. The van der Waals surface area contributed by atoms with Crippen LogP contribution < -0.4 is 5.32 Å². The number of piperidine rings is 1. The summed E-state index contributed by atoms with van der Waals surface area (Å²) in [6.45, 7) is 0. The molecule has 0 spiro atoms. The quantitative estimate of drug-likeness (QED) is 0.506. The van der Waals surface area contributed by atoms with E-state index < -0.39 is 0 Å². The number of hydrogen-bond donors (Lipinski definition) is 2. The Balaban J connectivity index is 0.000000500. The minimum Gasteiger partial charge on any atom is -0.311 e. The average Bonchev–Trinajstić information content (AvgIpc) is 2.11. The molecule has 3 atom stereocenters. The molecule has 0 aromatic rings. The smallest absolute Gasteiger partial charge is 0.00806 e. The molecule has 2 rings (SSSR count). The Morgan fingerprint density at radius 3 is 2.10 bits per heavy atom. The number of halogens is 1. The standard InChI is InChI=1S/C7H13NS.HI/c9-7-3-5-1-2-6(4-7)8-5;/h5-9H,1-4H2;1H/t5-,6+,7?;. The third kappa shape index (κ3) is 1.80. The first-order chi connectivity index (χ1) is 4.34. The number of nitrogens with one attached hydrogen (secondary N) is 1. The Hall–Kier alpha value is 1.04. The molecule has 3 heteroatoms. The van der Waals surface area contributed by atoms with Crippen LogP contribution in [0.25, 0.3) is 0 Å². The van der Waals surface area contributed by atoms with Crippen LogP contribution in [0.5, 0.6) is 0 Å². The second-order valence-corrected chi connectivity index (χ2v) is 3.99. The van der Waals surface area contributed by atoms with Crippen LogP contribution in [0.1, 0.15) is 25.7 Å². The normalized spacial score (nSPS) is 44.7. The molecule has 0 aromatic carbocycles. The lowest BCUT2D eigenvalue weighted by molar-refractivity contribution is 0.416. The van der Waals surface area contributed by atoms with Gasteiger partial charge in [-0.25, -0.2) is 0 Å². The summed E-state index contributed by atoms with van der Waals surface area (Å²) in [5.41, 5.74) is 0. The van der Waals surface area contributed by atoms with Crippen LogP contribution >= 0.6 is 36.6 Å². The zero-order chi connectivity index (χ0) is 6.27. The van der Waals surface area contributed by atoms with Crippen LogP contribution in [0.3, 0.4) is 0 Å². The van der Waals surface area contributed by atoms with Gasteiger partial charge in [-0.3, -0.25) is 0 Å². The van der Waals surface area contributed by atoms with Crippen molar-refractivity contribution in [2.24, 2.45) is 0 Å². The predicted molar refractivity (Wildman–Crippen MR) is 57.4 cm³/mol. The summed E-state index contributed by atoms with van der Waals surface area (Å²) in [6, 6.07) is 1.62. The number of thiol groups is 1. The molecule has 1 nitrogen and oxygen atoms in total. The molecule has 0 radical (unpaired) electrons. The van der Waals surface area contributed by atoms with Crippen molar-refractivity contribution < 1.29 is 0 Å². The summed E-state index contributed by atoms with van der Waals surface area (Å²) in [6.07, 6.45) is 5.36. The maximum absolute atomic E-state index is 4.48. The fourth-order valence-corrected chi connectivity index (χ4v) is 2.54. The third-order valence-electron chi connectivity index (χ3n) is 2.45. The Labute approximate surface area is 84.8 Å². The highest BCUT2D eigenvalue weighted by molar-refractivity contribution is 14.0. The van der Waals surface area contributed by atoms with Crippen molar-refractivity contribution in [2.75, 3.05) is 0 Å². The van der Waals surface area contributed by atoms with E-state index >= 15 is 0 Å². The monoisotopic (exact) mass is 271 g/mol. The van der Waals surface area contributed by atoms with Gasteiger partial charge < -0.3 is 5.32 Å². The van der Waals surface area contributed by atoms with Gasteiger partial charge in [0.2, 0.25) is 0 Å². The van der Waals surface area contributed by atoms with Crippen LogP contribution in [0.15, 0.2) is 0 Å². The van der Waals surface area contributed by atoms with Crippen LogP contribution in [0.2, 0.25) is 0 Å². The first-order valence-electron chi connectivity index (χ1n) is 3.79. The number of fused-ring (bicyclic) bond motifs is 2. The molecule has 0 aromatic heterocycles. The van der Waals surface area contributed by atoms with Crippen molar-refractivity contribution in [3.05, 3.63) is 0 Å². The highest BCUT2D eigenvalue weighted by Gasteiger charge is 2.31. The molecule has 1 unspecified atom stereocenters. The fourth-order valence-electron chi connectivity index (χ4n) is 2.03. The van der Waals surface area contributed by atoms with E-state index in [0.717, 1.165) is 12.1 Å². The van der Waals surface area contributed by atoms with E-state index in [1.54, 1.807) is 0 Å². The van der Waals surface area contributed by atoms with Crippen molar-refractivity contribution in [3.63, 3.8) is 0 Å². The summed E-state index contributed by atoms with van der Waals surface area (Å²) >= 11 is 4.48. The topological polar surface area (TPSA) is 12.0 Å². The first-order valence-corrected chi connectivity index (χ1v) is 4.30. The number of rotatable bonds is 0. The second-order valence-electron chi connectivity index (χ2n) is 3.26. The van der Waals surface area contributed by atoms with E-state index in [4.69, 9.17) is 0 Å². The van der Waals surface area contributed by atoms with Gasteiger partial charge in [-0.05, 0) is 25.7 Å². The highest BCUT2D eigenvalue weighted by Crippen LogP contribution is 2.29. The predicted octanol–water partition coefficient (Wildman–Crippen LogP) is 1.82. The van der Waals surface area contributed by atoms with E-state index in [-0.39, 0.29) is 24.0 Å². The SMILES string of the molecule is I.SC1C[C@H]2CC[C@@H](C1)N2. The zero-order valence-electron chi connectivity index (χ0n) is 5.92. The lowest BCUT2D eigenvalue weighted by atomic mass is 10.1. The van der Waals surface area contributed by atoms with Gasteiger partial charge in [0.05, 0.1) is 0 Å². The van der Waals surface area contributed by atoms with E-state index in [0.29, 0.717) is 5.25 Å². The molecular formula is C7H14INS. The van der Waals surface area contributed by atoms with Crippen molar-refractivity contribution in [2.45, 2.75) is 43.0 Å². The van der Waals surface area contributed by atoms with Crippen LogP contribution in [0.4, 0.5) is 0 Å². The molecule has 60 valence electrons. The lowest BCUT2D eigenvalue weighted by Gasteiger charge is -2.25. The maximum atomic E-state index is 4.48. The van der Waals surface area contributed by atoms with Gasteiger partial charge in [-0.15, -0.1) is 24.0 Å². The molecule has 2 fully saturated rings. The minimum atomic E-state index is 0. The molecule has 2 bridgehead atoms. The average molecular weight is 271 g/mol. The molecule has 2 saturated heterocycles. The van der Waals surface area contributed by atoms with Crippen molar-refractivity contribution in [1.29, 1.82) is 0 Å². The second kappa shape index (κ2) is 3.63. The molecule has 0 amide bonds. The van der Waals surface area contributed by atoms with Crippen LogP contribution in [0, 0.1) is 0 Å². The van der Waals surface area contributed by atoms with Crippen molar-refractivity contribution in [3.8, 4) is 0 Å². The molecule has 2 aliphatic rings. The largest absolute Gasteiger partial charge is 0.311 e. The minimum absolute atomic E-state index is 0. The molecule has 2 aliphatic heterocycles. The lowest BCUT2D eigenvalue weighted by Crippen LogP contribution is -2.38. The van der Waals surface area contributed by atoms with E-state index in [9.17, 15) is 0 Å². The zero-order valence-corrected chi connectivity index (χ0v) is 9.14. The molecule has 0 aliphatic carbocycles. The van der Waals surface area contributed by atoms with E-state index in [1.165, 1.54) is 25.7 Å². The van der Waals surface area contributed by atoms with Gasteiger partial charge in [0.1, 0.15) is 0 Å². The van der Waals surface area contributed by atoms with Gasteiger partial charge in [0, 0.05) is 17.3 Å². The summed E-state index contributed by atoms with van der Waals surface area (Å²) in [5, 5.41) is 4.26. The summed E-state index contributed by atoms with van der Waals surface area (Å²) in [5.74, 6) is 0. The van der Waals surface area contributed by atoms with E-state index in [1.807, 2.05) is 0 Å². The Morgan fingerprint density at radius 2 is 1.60 bits per heavy atom. The highest BCUT2D eigenvalue weighted by atomic mass is 127. The molecule has 2 heterocycles. The summed E-state index contributed by atoms with van der Waals surface area (Å²) < 4.78 is 0. The Kier molecular flexibility index (Phi) is 3.31. The van der Waals surface area contributed by atoms with Crippen LogP contribution in [-0.2, 0) is 0 Å². The van der Waals surface area contributed by atoms with Crippen molar-refractivity contribution >= 4 is 36.6 Å². The first kappa shape index (κ1) is 9.13. The van der Waals surface area contributed by atoms with Crippen LogP contribution in [-0.4, -0.2) is 17.3 Å². The Morgan fingerprint density at radius 1 is 1.10 bits per heavy atom. The fraction of sp³-hybridized carbons (Fsp3) is 1.00. The molecule has 10 heavy (non-hydrogen) atoms. The molecular weight excluding hydrogens is 257 g/mol. The van der Waals surface area contributed by atoms with Gasteiger partial charge in [-0.1, -0.05) is 0 Å². The van der Waals surface area contributed by atoms with E-state index in [2.05, 4.69) is 17.9 Å². The van der Waals surface area contributed by atoms with Gasteiger partial charge in [0.25, 0.3) is 0 Å². The van der Waals surface area contributed by atoms with Gasteiger partial charge >= 0.3 is 0 Å². The Bertz CT molecular complexity index is 108. The summed E-state index contributed by atoms with van der Waals surface area (Å²) in [4.78, 5) is 0. The summed E-state index contributed by atoms with van der Waals surface area (Å²) in [7, 11) is 0.